The average Bonchev–Trinajstić information content (AvgIpc) is 2.83. The number of rotatable bonds is 3. The molecule has 0 unspecified atom stereocenters. The van der Waals surface area contributed by atoms with Crippen molar-refractivity contribution in [2.45, 2.75) is 6.54 Å². The van der Waals surface area contributed by atoms with E-state index in [4.69, 9.17) is 0 Å². The number of para-hydroxylation sites is 1. The van der Waals surface area contributed by atoms with E-state index in [0.29, 0.717) is 12.2 Å². The zero-order chi connectivity index (χ0) is 13.1. The minimum Gasteiger partial charge on any atom is -0.338 e. The van der Waals surface area contributed by atoms with Crippen LogP contribution in [0, 0.1) is 0 Å². The Labute approximate surface area is 110 Å². The van der Waals surface area contributed by atoms with E-state index in [0.717, 1.165) is 10.9 Å². The smallest absolute Gasteiger partial charge is 0.244 e. The van der Waals surface area contributed by atoms with Gasteiger partial charge in [-0.25, -0.2) is 0 Å². The normalized spacial score (nSPS) is 10.5. The number of carbonyl (C=O) groups excluding carboxylic acids is 1. The van der Waals surface area contributed by atoms with Crippen LogP contribution < -0.4 is 5.32 Å². The Morgan fingerprint density at radius 2 is 2.05 bits per heavy atom. The molecule has 0 saturated carbocycles. The zero-order valence-corrected chi connectivity index (χ0v) is 10.3. The Hall–Kier alpha value is -2.62. The molecule has 0 bridgehead atoms. The topological polar surface area (TPSA) is 46.9 Å². The van der Waals surface area contributed by atoms with Crippen molar-refractivity contribution in [2.24, 2.45) is 0 Å². The standard InChI is InChI=1S/C15H13N3O/c19-15(17-13-5-3-8-16-10-13)11-18-9-7-12-4-1-2-6-14(12)18/h1-10H,11H2,(H,17,19). The second-order valence-corrected chi connectivity index (χ2v) is 4.29. The van der Waals surface area contributed by atoms with Gasteiger partial charge in [0.15, 0.2) is 0 Å². The fraction of sp³-hybridized carbons (Fsp3) is 0.0667. The Kier molecular flexibility index (Phi) is 2.98. The first-order chi connectivity index (χ1) is 9.33. The van der Waals surface area contributed by atoms with E-state index in [1.807, 2.05) is 47.2 Å². The van der Waals surface area contributed by atoms with E-state index in [1.54, 1.807) is 18.5 Å². The molecule has 0 saturated heterocycles. The van der Waals surface area contributed by atoms with Gasteiger partial charge in [-0.1, -0.05) is 18.2 Å². The second-order valence-electron chi connectivity index (χ2n) is 4.29. The second kappa shape index (κ2) is 4.94. The van der Waals surface area contributed by atoms with Crippen LogP contribution in [0.2, 0.25) is 0 Å². The van der Waals surface area contributed by atoms with E-state index >= 15 is 0 Å². The maximum absolute atomic E-state index is 12.0. The number of hydrogen-bond donors (Lipinski definition) is 1. The molecule has 0 aliphatic heterocycles. The molecular weight excluding hydrogens is 238 g/mol. The molecule has 0 spiro atoms. The Bertz CT molecular complexity index is 703. The maximum Gasteiger partial charge on any atom is 0.244 e. The summed E-state index contributed by atoms with van der Waals surface area (Å²) in [4.78, 5) is 15.9. The summed E-state index contributed by atoms with van der Waals surface area (Å²) in [5.74, 6) is -0.0608. The lowest BCUT2D eigenvalue weighted by Gasteiger charge is -2.06. The van der Waals surface area contributed by atoms with Crippen LogP contribution in [-0.4, -0.2) is 15.5 Å². The molecule has 1 N–H and O–H groups in total. The highest BCUT2D eigenvalue weighted by Gasteiger charge is 2.06. The van der Waals surface area contributed by atoms with Crippen LogP contribution in [0.3, 0.4) is 0 Å². The Balaban J connectivity index is 1.76. The number of fused-ring (bicyclic) bond motifs is 1. The molecule has 2 heterocycles. The molecule has 3 rings (SSSR count). The van der Waals surface area contributed by atoms with Gasteiger partial charge in [-0.3, -0.25) is 9.78 Å². The summed E-state index contributed by atoms with van der Waals surface area (Å²) in [6, 6.07) is 13.6. The van der Waals surface area contributed by atoms with Gasteiger partial charge in [-0.15, -0.1) is 0 Å². The monoisotopic (exact) mass is 251 g/mol. The van der Waals surface area contributed by atoms with Gasteiger partial charge in [-0.05, 0) is 29.7 Å². The number of benzene rings is 1. The van der Waals surface area contributed by atoms with Crippen LogP contribution >= 0.6 is 0 Å². The summed E-state index contributed by atoms with van der Waals surface area (Å²) >= 11 is 0. The number of anilines is 1. The van der Waals surface area contributed by atoms with Gasteiger partial charge in [0.1, 0.15) is 6.54 Å². The average molecular weight is 251 g/mol. The number of aromatic nitrogens is 2. The largest absolute Gasteiger partial charge is 0.338 e. The van der Waals surface area contributed by atoms with Gasteiger partial charge in [-0.2, -0.15) is 0 Å². The summed E-state index contributed by atoms with van der Waals surface area (Å²) in [7, 11) is 0. The van der Waals surface area contributed by atoms with Crippen LogP contribution in [0.4, 0.5) is 5.69 Å². The predicted octanol–water partition coefficient (Wildman–Crippen LogP) is 2.68. The number of carbonyl (C=O) groups is 1. The van der Waals surface area contributed by atoms with Gasteiger partial charge < -0.3 is 9.88 Å². The lowest BCUT2D eigenvalue weighted by atomic mass is 10.2. The first-order valence-corrected chi connectivity index (χ1v) is 6.07. The molecule has 0 aliphatic rings. The van der Waals surface area contributed by atoms with Crippen LogP contribution in [0.15, 0.2) is 61.1 Å². The zero-order valence-electron chi connectivity index (χ0n) is 10.3. The van der Waals surface area contributed by atoms with Gasteiger partial charge in [0.25, 0.3) is 0 Å². The lowest BCUT2D eigenvalue weighted by Crippen LogP contribution is -2.18. The Morgan fingerprint density at radius 1 is 1.16 bits per heavy atom. The molecule has 4 nitrogen and oxygen atoms in total. The number of nitrogens with one attached hydrogen (secondary N) is 1. The summed E-state index contributed by atoms with van der Waals surface area (Å²) < 4.78 is 1.93. The van der Waals surface area contributed by atoms with E-state index in [9.17, 15) is 4.79 Å². The molecule has 1 aromatic carbocycles. The van der Waals surface area contributed by atoms with Gasteiger partial charge in [0, 0.05) is 17.9 Å². The third-order valence-electron chi connectivity index (χ3n) is 2.94. The third-order valence-corrected chi connectivity index (χ3v) is 2.94. The van der Waals surface area contributed by atoms with Crippen molar-refractivity contribution in [1.82, 2.24) is 9.55 Å². The van der Waals surface area contributed by atoms with Crippen molar-refractivity contribution in [3.05, 3.63) is 61.1 Å². The molecule has 0 aliphatic carbocycles. The maximum atomic E-state index is 12.0. The summed E-state index contributed by atoms with van der Waals surface area (Å²) in [5, 5.41) is 3.96. The minimum absolute atomic E-state index is 0.0608. The molecule has 4 heteroatoms. The van der Waals surface area contributed by atoms with E-state index in [-0.39, 0.29) is 5.91 Å². The molecule has 1 amide bonds. The van der Waals surface area contributed by atoms with Crippen LogP contribution in [0.25, 0.3) is 10.9 Å². The van der Waals surface area contributed by atoms with Gasteiger partial charge in [0.05, 0.1) is 11.9 Å². The van der Waals surface area contributed by atoms with Crippen molar-refractivity contribution in [3.63, 3.8) is 0 Å². The highest BCUT2D eigenvalue weighted by Crippen LogP contribution is 2.15. The van der Waals surface area contributed by atoms with E-state index in [1.165, 1.54) is 0 Å². The van der Waals surface area contributed by atoms with Crippen molar-refractivity contribution in [3.8, 4) is 0 Å². The van der Waals surface area contributed by atoms with Crippen LogP contribution in [-0.2, 0) is 11.3 Å². The van der Waals surface area contributed by atoms with E-state index in [2.05, 4.69) is 10.3 Å². The molecule has 0 radical (unpaired) electrons. The lowest BCUT2D eigenvalue weighted by molar-refractivity contribution is -0.116. The van der Waals surface area contributed by atoms with Crippen molar-refractivity contribution < 1.29 is 4.79 Å². The summed E-state index contributed by atoms with van der Waals surface area (Å²) in [5.41, 5.74) is 1.77. The minimum atomic E-state index is -0.0608. The third kappa shape index (κ3) is 2.47. The number of hydrogen-bond acceptors (Lipinski definition) is 2. The summed E-state index contributed by atoms with van der Waals surface area (Å²) in [6.45, 7) is 0.294. The van der Waals surface area contributed by atoms with Crippen LogP contribution in [0.1, 0.15) is 0 Å². The number of pyridine rings is 1. The molecule has 19 heavy (non-hydrogen) atoms. The van der Waals surface area contributed by atoms with Crippen LogP contribution in [0.5, 0.6) is 0 Å². The van der Waals surface area contributed by atoms with Crippen molar-refractivity contribution in [2.75, 3.05) is 5.32 Å². The number of nitrogens with zero attached hydrogens (tertiary/aromatic N) is 2. The molecule has 0 atom stereocenters. The van der Waals surface area contributed by atoms with E-state index < -0.39 is 0 Å². The fourth-order valence-corrected chi connectivity index (χ4v) is 2.07. The van der Waals surface area contributed by atoms with Gasteiger partial charge >= 0.3 is 0 Å². The first kappa shape index (κ1) is 11.5. The Morgan fingerprint density at radius 3 is 2.89 bits per heavy atom. The summed E-state index contributed by atoms with van der Waals surface area (Å²) in [6.07, 6.45) is 5.23. The highest BCUT2D eigenvalue weighted by molar-refractivity contribution is 5.91. The predicted molar refractivity (Wildman–Crippen MR) is 74.8 cm³/mol. The van der Waals surface area contributed by atoms with Gasteiger partial charge in [0.2, 0.25) is 5.91 Å². The fourth-order valence-electron chi connectivity index (χ4n) is 2.07. The number of amides is 1. The van der Waals surface area contributed by atoms with Crippen molar-refractivity contribution in [1.29, 1.82) is 0 Å². The molecule has 0 fully saturated rings. The first-order valence-electron chi connectivity index (χ1n) is 6.07. The quantitative estimate of drug-likeness (QED) is 0.778. The SMILES string of the molecule is O=C(Cn1ccc2ccccc21)Nc1cccnc1. The molecule has 2 aromatic heterocycles. The molecule has 94 valence electrons. The molecular formula is C15H13N3O. The molecule has 3 aromatic rings. The van der Waals surface area contributed by atoms with Crippen molar-refractivity contribution >= 4 is 22.5 Å². The highest BCUT2D eigenvalue weighted by atomic mass is 16.1.